The number of anilines is 1. The maximum atomic E-state index is 12.2. The average Bonchev–Trinajstić information content (AvgIpc) is 3.11. The van der Waals surface area contributed by atoms with Gasteiger partial charge in [-0.05, 0) is 69.2 Å². The van der Waals surface area contributed by atoms with Crippen molar-refractivity contribution < 1.29 is 14.3 Å². The topological polar surface area (TPSA) is 60.5 Å². The van der Waals surface area contributed by atoms with Crippen molar-refractivity contribution in [1.82, 2.24) is 4.98 Å². The Kier molecular flexibility index (Phi) is 6.31. The summed E-state index contributed by atoms with van der Waals surface area (Å²) in [4.78, 5) is 16.7. The van der Waals surface area contributed by atoms with Gasteiger partial charge in [0, 0.05) is 10.9 Å². The molecule has 3 aromatic rings. The lowest BCUT2D eigenvalue weighted by Crippen LogP contribution is -2.20. The molecule has 0 atom stereocenters. The van der Waals surface area contributed by atoms with Crippen LogP contribution in [-0.4, -0.2) is 23.6 Å². The molecule has 0 unspecified atom stereocenters. The Morgan fingerprint density at radius 2 is 1.89 bits per heavy atom. The van der Waals surface area contributed by atoms with E-state index >= 15 is 0 Å². The van der Waals surface area contributed by atoms with E-state index in [4.69, 9.17) is 9.47 Å². The number of hydrogen-bond donors (Lipinski definition) is 1. The molecular formula is C22H24N2O3S. The SMILES string of the molecule is Cc1ccc(C)c(OCC(=O)Nc2nc(-c3ccc(OC(C)C)cc3)cs2)c1. The highest BCUT2D eigenvalue weighted by molar-refractivity contribution is 7.14. The highest BCUT2D eigenvalue weighted by atomic mass is 32.1. The molecule has 0 aliphatic rings. The molecule has 28 heavy (non-hydrogen) atoms. The first kappa shape index (κ1) is 19.9. The highest BCUT2D eigenvalue weighted by Crippen LogP contribution is 2.27. The Morgan fingerprint density at radius 3 is 2.61 bits per heavy atom. The molecular weight excluding hydrogens is 372 g/mol. The Hall–Kier alpha value is -2.86. The lowest BCUT2D eigenvalue weighted by atomic mass is 10.1. The zero-order chi connectivity index (χ0) is 20.1. The normalized spacial score (nSPS) is 10.8. The van der Waals surface area contributed by atoms with E-state index < -0.39 is 0 Å². The summed E-state index contributed by atoms with van der Waals surface area (Å²) in [6.45, 7) is 7.88. The summed E-state index contributed by atoms with van der Waals surface area (Å²) in [6, 6.07) is 13.7. The van der Waals surface area contributed by atoms with Crippen molar-refractivity contribution in [3.8, 4) is 22.8 Å². The van der Waals surface area contributed by atoms with Crippen molar-refractivity contribution in [3.63, 3.8) is 0 Å². The Bertz CT molecular complexity index is 949. The van der Waals surface area contributed by atoms with Gasteiger partial charge in [-0.25, -0.2) is 4.98 Å². The van der Waals surface area contributed by atoms with Crippen molar-refractivity contribution in [2.75, 3.05) is 11.9 Å². The Morgan fingerprint density at radius 1 is 1.14 bits per heavy atom. The predicted molar refractivity (Wildman–Crippen MR) is 113 cm³/mol. The van der Waals surface area contributed by atoms with Gasteiger partial charge in [0.05, 0.1) is 11.8 Å². The van der Waals surface area contributed by atoms with Crippen LogP contribution in [0.25, 0.3) is 11.3 Å². The van der Waals surface area contributed by atoms with Crippen LogP contribution in [0.2, 0.25) is 0 Å². The fourth-order valence-electron chi connectivity index (χ4n) is 2.60. The monoisotopic (exact) mass is 396 g/mol. The van der Waals surface area contributed by atoms with E-state index in [1.54, 1.807) is 0 Å². The lowest BCUT2D eigenvalue weighted by Gasteiger charge is -2.09. The minimum atomic E-state index is -0.234. The number of thiazole rings is 1. The van der Waals surface area contributed by atoms with Crippen LogP contribution in [0.4, 0.5) is 5.13 Å². The van der Waals surface area contributed by atoms with Gasteiger partial charge in [0.15, 0.2) is 11.7 Å². The third kappa shape index (κ3) is 5.33. The van der Waals surface area contributed by atoms with Crippen LogP contribution in [0.3, 0.4) is 0 Å². The first-order chi connectivity index (χ1) is 13.4. The van der Waals surface area contributed by atoms with Gasteiger partial charge in [-0.15, -0.1) is 11.3 Å². The van der Waals surface area contributed by atoms with Gasteiger partial charge in [-0.3, -0.25) is 10.1 Å². The predicted octanol–water partition coefficient (Wildman–Crippen LogP) is 5.23. The summed E-state index contributed by atoms with van der Waals surface area (Å²) in [5, 5.41) is 5.26. The summed E-state index contributed by atoms with van der Waals surface area (Å²) < 4.78 is 11.3. The summed E-state index contributed by atoms with van der Waals surface area (Å²) >= 11 is 1.38. The molecule has 0 aliphatic heterocycles. The van der Waals surface area contributed by atoms with Crippen molar-refractivity contribution in [3.05, 3.63) is 59.0 Å². The molecule has 0 fully saturated rings. The number of nitrogens with one attached hydrogen (secondary N) is 1. The van der Waals surface area contributed by atoms with Gasteiger partial charge in [-0.1, -0.05) is 12.1 Å². The first-order valence-electron chi connectivity index (χ1n) is 9.13. The molecule has 1 amide bonds. The quantitative estimate of drug-likeness (QED) is 0.594. The van der Waals surface area contributed by atoms with Crippen LogP contribution >= 0.6 is 11.3 Å². The van der Waals surface area contributed by atoms with E-state index in [0.29, 0.717) is 5.13 Å². The number of ether oxygens (including phenoxy) is 2. The molecule has 0 saturated heterocycles. The molecule has 0 saturated carbocycles. The zero-order valence-corrected chi connectivity index (χ0v) is 17.3. The average molecular weight is 397 g/mol. The third-order valence-corrected chi connectivity index (χ3v) is 4.73. The molecule has 5 nitrogen and oxygen atoms in total. The number of carbonyl (C=O) groups excluding carboxylic acids is 1. The molecule has 6 heteroatoms. The largest absolute Gasteiger partial charge is 0.491 e. The standard InChI is InChI=1S/C22H24N2O3S/c1-14(2)27-18-9-7-17(8-10-18)19-13-28-22(23-19)24-21(25)12-26-20-11-15(3)5-6-16(20)4/h5-11,13-14H,12H2,1-4H3,(H,23,24,25). The number of carbonyl (C=O) groups is 1. The molecule has 0 bridgehead atoms. The fraction of sp³-hybridized carbons (Fsp3) is 0.273. The van der Waals surface area contributed by atoms with E-state index in [1.165, 1.54) is 11.3 Å². The van der Waals surface area contributed by atoms with Crippen LogP contribution in [-0.2, 0) is 4.79 Å². The number of aryl methyl sites for hydroxylation is 2. The number of hydrogen-bond acceptors (Lipinski definition) is 5. The number of aromatic nitrogens is 1. The number of nitrogens with zero attached hydrogens (tertiary/aromatic N) is 1. The van der Waals surface area contributed by atoms with Crippen LogP contribution in [0, 0.1) is 13.8 Å². The summed E-state index contributed by atoms with van der Waals surface area (Å²) in [5.41, 5.74) is 3.88. The maximum Gasteiger partial charge on any atom is 0.264 e. The molecule has 0 radical (unpaired) electrons. The van der Waals surface area contributed by atoms with Crippen LogP contribution in [0.15, 0.2) is 47.8 Å². The second kappa shape index (κ2) is 8.89. The van der Waals surface area contributed by atoms with Crippen LogP contribution in [0.5, 0.6) is 11.5 Å². The molecule has 0 spiro atoms. The van der Waals surface area contributed by atoms with Gasteiger partial charge < -0.3 is 9.47 Å². The van der Waals surface area contributed by atoms with E-state index in [-0.39, 0.29) is 18.6 Å². The van der Waals surface area contributed by atoms with Gasteiger partial charge >= 0.3 is 0 Å². The number of amides is 1. The van der Waals surface area contributed by atoms with E-state index in [1.807, 2.05) is 75.5 Å². The fourth-order valence-corrected chi connectivity index (χ4v) is 3.34. The zero-order valence-electron chi connectivity index (χ0n) is 16.5. The Balaban J connectivity index is 1.58. The van der Waals surface area contributed by atoms with Gasteiger partial charge in [-0.2, -0.15) is 0 Å². The highest BCUT2D eigenvalue weighted by Gasteiger charge is 2.10. The maximum absolute atomic E-state index is 12.2. The van der Waals surface area contributed by atoms with E-state index in [9.17, 15) is 4.79 Å². The summed E-state index contributed by atoms with van der Waals surface area (Å²) in [5.74, 6) is 1.31. The van der Waals surface area contributed by atoms with Crippen molar-refractivity contribution >= 4 is 22.4 Å². The number of rotatable bonds is 7. The Labute approximate surface area is 169 Å². The minimum Gasteiger partial charge on any atom is -0.491 e. The number of benzene rings is 2. The van der Waals surface area contributed by atoms with Crippen LogP contribution in [0.1, 0.15) is 25.0 Å². The van der Waals surface area contributed by atoms with Crippen molar-refractivity contribution in [2.45, 2.75) is 33.8 Å². The molecule has 2 aromatic carbocycles. The van der Waals surface area contributed by atoms with Crippen molar-refractivity contribution in [2.24, 2.45) is 0 Å². The smallest absolute Gasteiger partial charge is 0.264 e. The molecule has 146 valence electrons. The molecule has 1 heterocycles. The first-order valence-corrected chi connectivity index (χ1v) is 10.0. The van der Waals surface area contributed by atoms with Gasteiger partial charge in [0.25, 0.3) is 5.91 Å². The lowest BCUT2D eigenvalue weighted by molar-refractivity contribution is -0.118. The van der Waals surface area contributed by atoms with Crippen LogP contribution < -0.4 is 14.8 Å². The molecule has 0 aliphatic carbocycles. The van der Waals surface area contributed by atoms with Gasteiger partial charge in [0.1, 0.15) is 11.5 Å². The second-order valence-corrected chi connectivity index (χ2v) is 7.69. The van der Waals surface area contributed by atoms with Gasteiger partial charge in [0.2, 0.25) is 0 Å². The summed E-state index contributed by atoms with van der Waals surface area (Å²) in [7, 11) is 0. The van der Waals surface area contributed by atoms with E-state index in [0.717, 1.165) is 33.9 Å². The molecule has 1 aromatic heterocycles. The van der Waals surface area contributed by atoms with E-state index in [2.05, 4.69) is 10.3 Å². The molecule has 1 N–H and O–H groups in total. The molecule has 3 rings (SSSR count). The second-order valence-electron chi connectivity index (χ2n) is 6.83. The summed E-state index contributed by atoms with van der Waals surface area (Å²) in [6.07, 6.45) is 0.137. The third-order valence-electron chi connectivity index (χ3n) is 3.97. The van der Waals surface area contributed by atoms with Crippen molar-refractivity contribution in [1.29, 1.82) is 0 Å². The minimum absolute atomic E-state index is 0.0551.